The van der Waals surface area contributed by atoms with Crippen LogP contribution in [0.1, 0.15) is 27.0 Å². The van der Waals surface area contributed by atoms with E-state index in [1.807, 2.05) is 50.2 Å². The third-order valence-corrected chi connectivity index (χ3v) is 3.18. The van der Waals surface area contributed by atoms with E-state index in [0.717, 1.165) is 34.5 Å². The maximum Gasteiger partial charge on any atom is 0.150 e. The van der Waals surface area contributed by atoms with E-state index < -0.39 is 0 Å². The summed E-state index contributed by atoms with van der Waals surface area (Å²) in [4.78, 5) is 10.8. The zero-order valence-electron chi connectivity index (χ0n) is 12.0. The van der Waals surface area contributed by atoms with E-state index in [1.165, 1.54) is 0 Å². The van der Waals surface area contributed by atoms with Crippen LogP contribution in [-0.4, -0.2) is 13.4 Å². The molecule has 3 nitrogen and oxygen atoms in total. The number of rotatable bonds is 5. The zero-order chi connectivity index (χ0) is 14.5. The summed E-state index contributed by atoms with van der Waals surface area (Å²) in [5.74, 6) is 1.63. The fourth-order valence-electron chi connectivity index (χ4n) is 2.25. The van der Waals surface area contributed by atoms with E-state index in [4.69, 9.17) is 9.47 Å². The normalized spacial score (nSPS) is 10.2. The first-order valence-electron chi connectivity index (χ1n) is 6.47. The number of para-hydroxylation sites is 1. The van der Waals surface area contributed by atoms with Crippen molar-refractivity contribution in [1.29, 1.82) is 0 Å². The van der Waals surface area contributed by atoms with Crippen LogP contribution >= 0.6 is 0 Å². The van der Waals surface area contributed by atoms with Crippen molar-refractivity contribution in [3.63, 3.8) is 0 Å². The first-order chi connectivity index (χ1) is 9.65. The second kappa shape index (κ2) is 6.24. The Bertz CT molecular complexity index is 594. The maximum absolute atomic E-state index is 10.8. The third-order valence-electron chi connectivity index (χ3n) is 3.18. The van der Waals surface area contributed by atoms with Crippen molar-refractivity contribution in [3.8, 4) is 11.5 Å². The van der Waals surface area contributed by atoms with Gasteiger partial charge in [0, 0.05) is 11.1 Å². The number of carbonyl (C=O) groups is 1. The van der Waals surface area contributed by atoms with Crippen molar-refractivity contribution in [2.24, 2.45) is 0 Å². The highest BCUT2D eigenvalue weighted by atomic mass is 16.5. The summed E-state index contributed by atoms with van der Waals surface area (Å²) < 4.78 is 11.2. The van der Waals surface area contributed by atoms with E-state index in [1.54, 1.807) is 7.11 Å². The quantitative estimate of drug-likeness (QED) is 0.777. The minimum Gasteiger partial charge on any atom is -0.496 e. The molecule has 0 saturated heterocycles. The molecule has 3 heteroatoms. The van der Waals surface area contributed by atoms with Gasteiger partial charge in [-0.2, -0.15) is 0 Å². The minimum atomic E-state index is 0.437. The molecule has 0 atom stereocenters. The number of methoxy groups -OCH3 is 1. The molecule has 0 unspecified atom stereocenters. The van der Waals surface area contributed by atoms with Crippen LogP contribution in [0.2, 0.25) is 0 Å². The van der Waals surface area contributed by atoms with Crippen LogP contribution in [0.3, 0.4) is 0 Å². The summed E-state index contributed by atoms with van der Waals surface area (Å²) in [6, 6.07) is 11.4. The van der Waals surface area contributed by atoms with Crippen molar-refractivity contribution in [3.05, 3.63) is 58.7 Å². The number of aryl methyl sites for hydroxylation is 2. The van der Waals surface area contributed by atoms with Crippen LogP contribution < -0.4 is 9.47 Å². The second-order valence-electron chi connectivity index (χ2n) is 4.70. The van der Waals surface area contributed by atoms with E-state index in [0.29, 0.717) is 12.2 Å². The molecule has 0 heterocycles. The number of ether oxygens (including phenoxy) is 2. The van der Waals surface area contributed by atoms with Crippen molar-refractivity contribution >= 4 is 6.29 Å². The monoisotopic (exact) mass is 270 g/mol. The van der Waals surface area contributed by atoms with Crippen LogP contribution in [0.5, 0.6) is 11.5 Å². The van der Waals surface area contributed by atoms with E-state index in [-0.39, 0.29) is 0 Å². The fourth-order valence-corrected chi connectivity index (χ4v) is 2.25. The highest BCUT2D eigenvalue weighted by Crippen LogP contribution is 2.26. The SMILES string of the molecule is COc1ccccc1COc1c(C)cc(C=O)cc1C. The average molecular weight is 270 g/mol. The summed E-state index contributed by atoms with van der Waals surface area (Å²) >= 11 is 0. The van der Waals surface area contributed by atoms with Gasteiger partial charge in [-0.05, 0) is 43.2 Å². The zero-order valence-corrected chi connectivity index (χ0v) is 12.0. The molecule has 0 aliphatic rings. The summed E-state index contributed by atoms with van der Waals surface area (Å²) in [5.41, 5.74) is 3.59. The van der Waals surface area contributed by atoms with Crippen LogP contribution in [0.4, 0.5) is 0 Å². The van der Waals surface area contributed by atoms with Gasteiger partial charge in [0.05, 0.1) is 7.11 Å². The van der Waals surface area contributed by atoms with E-state index in [2.05, 4.69) is 0 Å². The highest BCUT2D eigenvalue weighted by molar-refractivity contribution is 5.76. The van der Waals surface area contributed by atoms with E-state index in [9.17, 15) is 4.79 Å². The standard InChI is InChI=1S/C17H18O3/c1-12-8-14(10-18)9-13(2)17(12)20-11-15-6-4-5-7-16(15)19-3/h4-10H,11H2,1-3H3. The lowest BCUT2D eigenvalue weighted by atomic mass is 10.1. The van der Waals surface area contributed by atoms with Gasteiger partial charge in [-0.3, -0.25) is 4.79 Å². The fraction of sp³-hybridized carbons (Fsp3) is 0.235. The summed E-state index contributed by atoms with van der Waals surface area (Å²) in [6.07, 6.45) is 0.851. The number of hydrogen-bond donors (Lipinski definition) is 0. The molecule has 20 heavy (non-hydrogen) atoms. The number of benzene rings is 2. The Balaban J connectivity index is 2.21. The van der Waals surface area contributed by atoms with Gasteiger partial charge in [0.15, 0.2) is 0 Å². The maximum atomic E-state index is 10.8. The Labute approximate surface area is 119 Å². The van der Waals surface area contributed by atoms with Gasteiger partial charge in [0.2, 0.25) is 0 Å². The Kier molecular flexibility index (Phi) is 4.41. The van der Waals surface area contributed by atoms with Gasteiger partial charge < -0.3 is 9.47 Å². The second-order valence-corrected chi connectivity index (χ2v) is 4.70. The number of hydrogen-bond acceptors (Lipinski definition) is 3. The molecule has 0 amide bonds. The van der Waals surface area contributed by atoms with Gasteiger partial charge in [-0.1, -0.05) is 18.2 Å². The molecule has 104 valence electrons. The molecule has 0 fully saturated rings. The Hall–Kier alpha value is -2.29. The molecule has 2 rings (SSSR count). The molecule has 0 aliphatic heterocycles. The predicted octanol–water partition coefficient (Wildman–Crippen LogP) is 3.70. The summed E-state index contributed by atoms with van der Waals surface area (Å²) in [6.45, 7) is 4.32. The number of carbonyl (C=O) groups excluding carboxylic acids is 1. The first-order valence-corrected chi connectivity index (χ1v) is 6.47. The lowest BCUT2D eigenvalue weighted by molar-refractivity contribution is 0.112. The molecule has 0 spiro atoms. The molecule has 0 N–H and O–H groups in total. The molecule has 2 aromatic carbocycles. The van der Waals surface area contributed by atoms with Crippen molar-refractivity contribution in [2.75, 3.05) is 7.11 Å². The number of aldehydes is 1. The van der Waals surface area contributed by atoms with Gasteiger partial charge in [-0.25, -0.2) is 0 Å². The van der Waals surface area contributed by atoms with Crippen LogP contribution in [0, 0.1) is 13.8 Å². The largest absolute Gasteiger partial charge is 0.496 e. The molecular weight excluding hydrogens is 252 g/mol. The van der Waals surface area contributed by atoms with Crippen LogP contribution in [0.15, 0.2) is 36.4 Å². The molecular formula is C17H18O3. The molecule has 0 aliphatic carbocycles. The van der Waals surface area contributed by atoms with Crippen molar-refractivity contribution in [1.82, 2.24) is 0 Å². The van der Waals surface area contributed by atoms with Crippen LogP contribution in [0.25, 0.3) is 0 Å². The predicted molar refractivity (Wildman–Crippen MR) is 78.6 cm³/mol. The van der Waals surface area contributed by atoms with Crippen LogP contribution in [-0.2, 0) is 6.61 Å². The molecule has 0 saturated carbocycles. The highest BCUT2D eigenvalue weighted by Gasteiger charge is 2.08. The Morgan fingerprint density at radius 1 is 1.10 bits per heavy atom. The van der Waals surface area contributed by atoms with Crippen molar-refractivity contribution in [2.45, 2.75) is 20.5 Å². The van der Waals surface area contributed by atoms with Gasteiger partial charge in [-0.15, -0.1) is 0 Å². The molecule has 0 radical (unpaired) electrons. The van der Waals surface area contributed by atoms with Gasteiger partial charge in [0.25, 0.3) is 0 Å². The Morgan fingerprint density at radius 2 is 1.75 bits per heavy atom. The summed E-state index contributed by atoms with van der Waals surface area (Å²) in [7, 11) is 1.65. The Morgan fingerprint density at radius 3 is 2.35 bits per heavy atom. The first kappa shape index (κ1) is 14.1. The van der Waals surface area contributed by atoms with E-state index >= 15 is 0 Å². The van der Waals surface area contributed by atoms with Crippen molar-refractivity contribution < 1.29 is 14.3 Å². The minimum absolute atomic E-state index is 0.437. The van der Waals surface area contributed by atoms with Gasteiger partial charge >= 0.3 is 0 Å². The lowest BCUT2D eigenvalue weighted by Gasteiger charge is -2.14. The molecule has 2 aromatic rings. The molecule has 0 bridgehead atoms. The molecule has 0 aromatic heterocycles. The average Bonchev–Trinajstić information content (AvgIpc) is 2.46. The lowest BCUT2D eigenvalue weighted by Crippen LogP contribution is -2.01. The third kappa shape index (κ3) is 2.99. The smallest absolute Gasteiger partial charge is 0.150 e. The summed E-state index contributed by atoms with van der Waals surface area (Å²) in [5, 5.41) is 0. The van der Waals surface area contributed by atoms with Gasteiger partial charge in [0.1, 0.15) is 24.4 Å². The topological polar surface area (TPSA) is 35.5 Å².